The van der Waals surface area contributed by atoms with E-state index in [-0.39, 0.29) is 11.3 Å². The van der Waals surface area contributed by atoms with Crippen LogP contribution in [0.2, 0.25) is 0 Å². The highest BCUT2D eigenvalue weighted by molar-refractivity contribution is 5.96. The summed E-state index contributed by atoms with van der Waals surface area (Å²) in [5.74, 6) is 1.93. The third kappa shape index (κ3) is 2.00. The van der Waals surface area contributed by atoms with Crippen molar-refractivity contribution in [3.05, 3.63) is 47.6 Å². The summed E-state index contributed by atoms with van der Waals surface area (Å²) in [6.45, 7) is 4.41. The lowest BCUT2D eigenvalue weighted by Crippen LogP contribution is -2.52. The number of ether oxygens (including phenoxy) is 1. The highest BCUT2D eigenvalue weighted by atomic mass is 16.5. The second kappa shape index (κ2) is 4.62. The fourth-order valence-corrected chi connectivity index (χ4v) is 3.41. The van der Waals surface area contributed by atoms with Crippen molar-refractivity contribution in [2.75, 3.05) is 7.11 Å². The minimum atomic E-state index is 0.130. The molecule has 2 bridgehead atoms. The van der Waals surface area contributed by atoms with E-state index >= 15 is 0 Å². The number of rotatable bonds is 3. The molecule has 1 aromatic carbocycles. The van der Waals surface area contributed by atoms with E-state index in [1.165, 1.54) is 5.57 Å². The van der Waals surface area contributed by atoms with Crippen molar-refractivity contribution >= 4 is 11.9 Å². The maximum Gasteiger partial charge on any atom is 0.159 e. The minimum Gasteiger partial charge on any atom is -0.497 e. The minimum absolute atomic E-state index is 0.130. The van der Waals surface area contributed by atoms with Crippen LogP contribution < -0.4 is 4.74 Å². The number of benzene rings is 1. The van der Waals surface area contributed by atoms with Gasteiger partial charge < -0.3 is 4.74 Å². The van der Waals surface area contributed by atoms with Gasteiger partial charge in [0.1, 0.15) is 5.75 Å². The van der Waals surface area contributed by atoms with E-state index in [4.69, 9.17) is 4.74 Å². The quantitative estimate of drug-likeness (QED) is 0.831. The van der Waals surface area contributed by atoms with Crippen LogP contribution in [0.1, 0.15) is 25.8 Å². The molecule has 0 heterocycles. The second-order valence-corrected chi connectivity index (χ2v) is 6.32. The first-order valence-corrected chi connectivity index (χ1v) is 7.10. The third-order valence-electron chi connectivity index (χ3n) is 4.91. The molecular weight excluding hydrogens is 248 g/mol. The molecule has 0 saturated heterocycles. The fraction of sp³-hybridized carbons (Fsp3) is 0.389. The molecule has 1 saturated carbocycles. The predicted octanol–water partition coefficient (Wildman–Crippen LogP) is 3.88. The lowest BCUT2D eigenvalue weighted by molar-refractivity contribution is -0.133. The number of methoxy groups -OCH3 is 1. The number of fused-ring (bicyclic) bond motifs is 1. The highest BCUT2D eigenvalue weighted by Crippen LogP contribution is 2.58. The molecule has 104 valence electrons. The molecular formula is C18H20O2. The fourth-order valence-electron chi connectivity index (χ4n) is 3.41. The van der Waals surface area contributed by atoms with Gasteiger partial charge in [-0.05, 0) is 47.1 Å². The highest BCUT2D eigenvalue weighted by Gasteiger charge is 2.54. The Morgan fingerprint density at radius 3 is 2.40 bits per heavy atom. The van der Waals surface area contributed by atoms with Crippen LogP contribution in [0.3, 0.4) is 0 Å². The van der Waals surface area contributed by atoms with Crippen molar-refractivity contribution < 1.29 is 9.53 Å². The maximum absolute atomic E-state index is 12.0. The van der Waals surface area contributed by atoms with Gasteiger partial charge >= 0.3 is 0 Å². The Morgan fingerprint density at radius 2 is 1.85 bits per heavy atom. The van der Waals surface area contributed by atoms with Gasteiger partial charge in [0.2, 0.25) is 0 Å². The Labute approximate surface area is 120 Å². The van der Waals surface area contributed by atoms with E-state index in [1.54, 1.807) is 7.11 Å². The zero-order valence-electron chi connectivity index (χ0n) is 12.2. The molecule has 2 atom stereocenters. The van der Waals surface area contributed by atoms with Crippen LogP contribution in [0, 0.1) is 17.3 Å². The summed E-state index contributed by atoms with van der Waals surface area (Å²) in [5.41, 5.74) is 2.43. The van der Waals surface area contributed by atoms with Crippen LogP contribution in [0.5, 0.6) is 5.75 Å². The zero-order valence-corrected chi connectivity index (χ0v) is 12.2. The van der Waals surface area contributed by atoms with Gasteiger partial charge in [-0.2, -0.15) is 0 Å². The maximum atomic E-state index is 12.0. The van der Waals surface area contributed by atoms with Gasteiger partial charge in [0.25, 0.3) is 0 Å². The Morgan fingerprint density at radius 1 is 1.15 bits per heavy atom. The molecule has 0 aromatic heterocycles. The topological polar surface area (TPSA) is 26.3 Å². The van der Waals surface area contributed by atoms with Crippen LogP contribution in [-0.4, -0.2) is 12.9 Å². The summed E-state index contributed by atoms with van der Waals surface area (Å²) in [6.07, 6.45) is 7.03. The summed E-state index contributed by atoms with van der Waals surface area (Å²) < 4.78 is 5.15. The third-order valence-corrected chi connectivity index (χ3v) is 4.91. The van der Waals surface area contributed by atoms with Gasteiger partial charge in [-0.3, -0.25) is 4.79 Å². The van der Waals surface area contributed by atoms with E-state index in [0.29, 0.717) is 11.7 Å². The summed E-state index contributed by atoms with van der Waals surface area (Å²) in [6, 6.07) is 7.94. The number of carbonyl (C=O) groups is 1. The average Bonchev–Trinajstić information content (AvgIpc) is 2.44. The number of ketones is 1. The van der Waals surface area contributed by atoms with Crippen molar-refractivity contribution in [1.82, 2.24) is 0 Å². The molecule has 4 rings (SSSR count). The number of allylic oxidation sites excluding steroid dienone is 3. The lowest BCUT2D eigenvalue weighted by atomic mass is 9.48. The Balaban J connectivity index is 1.80. The predicted molar refractivity (Wildman–Crippen MR) is 80.5 cm³/mol. The van der Waals surface area contributed by atoms with Crippen molar-refractivity contribution in [2.24, 2.45) is 17.3 Å². The molecule has 0 spiro atoms. The Hall–Kier alpha value is -1.83. The average molecular weight is 268 g/mol. The number of hydrogen-bond donors (Lipinski definition) is 0. The second-order valence-electron chi connectivity index (χ2n) is 6.32. The number of hydrogen-bond acceptors (Lipinski definition) is 2. The van der Waals surface area contributed by atoms with Crippen LogP contribution in [0.25, 0.3) is 6.08 Å². The van der Waals surface area contributed by atoms with Crippen LogP contribution >= 0.6 is 0 Å². The van der Waals surface area contributed by atoms with Crippen LogP contribution in [-0.2, 0) is 4.79 Å². The van der Waals surface area contributed by atoms with E-state index < -0.39 is 0 Å². The largest absolute Gasteiger partial charge is 0.497 e. The molecule has 0 N–H and O–H groups in total. The van der Waals surface area contributed by atoms with E-state index in [0.717, 1.165) is 17.7 Å². The van der Waals surface area contributed by atoms with Gasteiger partial charge in [-0.15, -0.1) is 0 Å². The van der Waals surface area contributed by atoms with Gasteiger partial charge in [0.15, 0.2) is 5.78 Å². The van der Waals surface area contributed by atoms with E-state index in [9.17, 15) is 4.79 Å². The summed E-state index contributed by atoms with van der Waals surface area (Å²) in [4.78, 5) is 12.0. The first-order valence-electron chi connectivity index (χ1n) is 7.10. The molecule has 3 aliphatic carbocycles. The van der Waals surface area contributed by atoms with Gasteiger partial charge in [0, 0.05) is 5.92 Å². The standard InChI is InChI=1S/C18H20O2/c1-18(2)15-11-16(18)17(19)10-13(15)7-4-12-5-8-14(20-3)9-6-12/h4-10,15-16H,11H2,1-3H3/b7-4+/t15-,16+/m1/s1. The first-order chi connectivity index (χ1) is 9.52. The van der Waals surface area contributed by atoms with Crippen molar-refractivity contribution in [2.45, 2.75) is 20.3 Å². The summed E-state index contributed by atoms with van der Waals surface area (Å²) in [7, 11) is 1.67. The van der Waals surface area contributed by atoms with Crippen LogP contribution in [0.15, 0.2) is 42.0 Å². The molecule has 3 aliphatic rings. The van der Waals surface area contributed by atoms with Gasteiger partial charge in [0.05, 0.1) is 7.11 Å². The molecule has 1 fully saturated rings. The molecule has 0 unspecified atom stereocenters. The summed E-state index contributed by atoms with van der Waals surface area (Å²) in [5, 5.41) is 0. The molecule has 2 nitrogen and oxygen atoms in total. The number of carbonyl (C=O) groups excluding carboxylic acids is 1. The molecule has 0 amide bonds. The smallest absolute Gasteiger partial charge is 0.159 e. The molecule has 2 heteroatoms. The summed E-state index contributed by atoms with van der Waals surface area (Å²) >= 11 is 0. The molecule has 0 radical (unpaired) electrons. The van der Waals surface area contributed by atoms with Crippen molar-refractivity contribution in [1.29, 1.82) is 0 Å². The van der Waals surface area contributed by atoms with Crippen LogP contribution in [0.4, 0.5) is 0 Å². The Bertz CT molecular complexity index is 590. The van der Waals surface area contributed by atoms with E-state index in [2.05, 4.69) is 26.0 Å². The first kappa shape index (κ1) is 13.2. The molecule has 20 heavy (non-hydrogen) atoms. The van der Waals surface area contributed by atoms with Gasteiger partial charge in [-0.25, -0.2) is 0 Å². The normalized spacial score (nSPS) is 27.1. The van der Waals surface area contributed by atoms with E-state index in [1.807, 2.05) is 30.3 Å². The van der Waals surface area contributed by atoms with Gasteiger partial charge in [-0.1, -0.05) is 38.1 Å². The zero-order chi connectivity index (χ0) is 14.3. The lowest BCUT2D eigenvalue weighted by Gasteiger charge is -2.54. The Kier molecular flexibility index (Phi) is 3.04. The van der Waals surface area contributed by atoms with Crippen molar-refractivity contribution in [3.63, 3.8) is 0 Å². The molecule has 0 aliphatic heterocycles. The van der Waals surface area contributed by atoms with Crippen molar-refractivity contribution in [3.8, 4) is 5.75 Å². The SMILES string of the molecule is COc1ccc(/C=C/C2=CC(=O)[C@@H]3C[C@H]2C3(C)C)cc1. The molecule has 1 aromatic rings. The monoisotopic (exact) mass is 268 g/mol.